The molecule has 2 N–H and O–H groups in total. The predicted octanol–water partition coefficient (Wildman–Crippen LogP) is 2.81. The van der Waals surface area contributed by atoms with E-state index in [1.165, 1.54) is 30.5 Å². The number of aryl methyl sites for hydroxylation is 1. The highest BCUT2D eigenvalue weighted by molar-refractivity contribution is 5.90. The van der Waals surface area contributed by atoms with Crippen molar-refractivity contribution in [3.63, 3.8) is 0 Å². The van der Waals surface area contributed by atoms with Crippen LogP contribution in [0.2, 0.25) is 0 Å². The number of anilines is 2. The fraction of sp³-hybridized carbons (Fsp3) is 0.304. The Morgan fingerprint density at radius 2 is 1.97 bits per heavy atom. The Bertz CT molecular complexity index is 1160. The molecular weight excluding hydrogens is 429 g/mol. The van der Waals surface area contributed by atoms with Crippen LogP contribution in [0, 0.1) is 12.7 Å². The van der Waals surface area contributed by atoms with Crippen LogP contribution in [0.1, 0.15) is 17.7 Å². The van der Waals surface area contributed by atoms with Gasteiger partial charge < -0.3 is 19.7 Å². The summed E-state index contributed by atoms with van der Waals surface area (Å²) in [5.74, 6) is 0.695. The first-order chi connectivity index (χ1) is 16.0. The first-order valence-electron chi connectivity index (χ1n) is 10.6. The molecule has 1 fully saturated rings. The van der Waals surface area contributed by atoms with E-state index in [9.17, 15) is 14.0 Å². The monoisotopic (exact) mass is 453 g/mol. The van der Waals surface area contributed by atoms with E-state index in [1.54, 1.807) is 19.1 Å². The second-order valence-electron chi connectivity index (χ2n) is 7.54. The maximum Gasteiger partial charge on any atom is 0.255 e. The molecular formula is C23H24FN5O4. The molecule has 0 bridgehead atoms. The Hall–Kier alpha value is -3.79. The average molecular weight is 453 g/mol. The van der Waals surface area contributed by atoms with Crippen LogP contribution in [0.3, 0.4) is 0 Å². The van der Waals surface area contributed by atoms with Gasteiger partial charge in [0.15, 0.2) is 0 Å². The van der Waals surface area contributed by atoms with Gasteiger partial charge in [-0.05, 0) is 43.7 Å². The molecule has 1 aliphatic rings. The normalized spacial score (nSPS) is 13.6. The van der Waals surface area contributed by atoms with Crippen LogP contribution < -0.4 is 20.5 Å². The number of H-pyrrole nitrogens is 1. The molecule has 3 heterocycles. The molecule has 33 heavy (non-hydrogen) atoms. The zero-order chi connectivity index (χ0) is 23.2. The van der Waals surface area contributed by atoms with Gasteiger partial charge in [-0.1, -0.05) is 0 Å². The smallest absolute Gasteiger partial charge is 0.255 e. The fourth-order valence-corrected chi connectivity index (χ4v) is 3.41. The quantitative estimate of drug-likeness (QED) is 0.566. The third-order valence-electron chi connectivity index (χ3n) is 5.18. The number of carbonyl (C=O) groups is 1. The lowest BCUT2D eigenvalue weighted by Gasteiger charge is -2.27. The van der Waals surface area contributed by atoms with Gasteiger partial charge in [0, 0.05) is 36.8 Å². The van der Waals surface area contributed by atoms with Gasteiger partial charge in [-0.15, -0.1) is 0 Å². The lowest BCUT2D eigenvalue weighted by atomic mass is 10.1. The standard InChI is InChI=1S/C23H24FN5O4/c1-15-19(22(31)28-23(26-15)29-10-12-32-13-11-29)7-8-20(30)27-17-4-9-21(25-14-17)33-18-5-2-16(24)3-6-18/h2-6,9,14H,7-8,10-13H2,1H3,(H,27,30)(H,26,28,31). The van der Waals surface area contributed by atoms with Gasteiger partial charge in [0.05, 0.1) is 25.1 Å². The zero-order valence-electron chi connectivity index (χ0n) is 18.1. The van der Waals surface area contributed by atoms with Crippen LogP contribution in [0.15, 0.2) is 47.4 Å². The molecule has 0 spiro atoms. The Kier molecular flexibility index (Phi) is 6.94. The summed E-state index contributed by atoms with van der Waals surface area (Å²) < 4.78 is 23.8. The molecule has 4 rings (SSSR count). The molecule has 3 aromatic rings. The average Bonchev–Trinajstić information content (AvgIpc) is 2.82. The van der Waals surface area contributed by atoms with E-state index in [2.05, 4.69) is 20.3 Å². The number of hydrogen-bond donors (Lipinski definition) is 2. The van der Waals surface area contributed by atoms with Crippen molar-refractivity contribution in [2.24, 2.45) is 0 Å². The first-order valence-corrected chi connectivity index (χ1v) is 10.6. The number of benzene rings is 1. The number of aromatic nitrogens is 3. The summed E-state index contributed by atoms with van der Waals surface area (Å²) in [5.41, 5.74) is 1.36. The minimum atomic E-state index is -0.352. The third kappa shape index (κ3) is 5.92. The van der Waals surface area contributed by atoms with Crippen LogP contribution in [-0.4, -0.2) is 47.2 Å². The highest BCUT2D eigenvalue weighted by Gasteiger charge is 2.17. The van der Waals surface area contributed by atoms with Crippen LogP contribution in [0.5, 0.6) is 11.6 Å². The second-order valence-corrected chi connectivity index (χ2v) is 7.54. The molecule has 1 aliphatic heterocycles. The van der Waals surface area contributed by atoms with Crippen LogP contribution in [0.4, 0.5) is 16.0 Å². The van der Waals surface area contributed by atoms with Crippen molar-refractivity contribution in [3.8, 4) is 11.6 Å². The van der Waals surface area contributed by atoms with Crippen molar-refractivity contribution in [2.45, 2.75) is 19.8 Å². The Morgan fingerprint density at radius 3 is 2.64 bits per heavy atom. The molecule has 0 atom stereocenters. The molecule has 10 heteroatoms. The van der Waals surface area contributed by atoms with Gasteiger partial charge in [-0.3, -0.25) is 14.6 Å². The van der Waals surface area contributed by atoms with E-state index in [0.717, 1.165) is 0 Å². The fourth-order valence-electron chi connectivity index (χ4n) is 3.41. The maximum absolute atomic E-state index is 13.0. The Morgan fingerprint density at radius 1 is 1.21 bits per heavy atom. The molecule has 1 aromatic carbocycles. The van der Waals surface area contributed by atoms with Crippen LogP contribution >= 0.6 is 0 Å². The van der Waals surface area contributed by atoms with E-state index < -0.39 is 0 Å². The number of nitrogens with one attached hydrogen (secondary N) is 2. The number of ether oxygens (including phenoxy) is 2. The Balaban J connectivity index is 1.31. The van der Waals surface area contributed by atoms with Gasteiger partial charge >= 0.3 is 0 Å². The number of pyridine rings is 1. The minimum absolute atomic E-state index is 0.121. The van der Waals surface area contributed by atoms with Gasteiger partial charge in [-0.25, -0.2) is 14.4 Å². The lowest BCUT2D eigenvalue weighted by Crippen LogP contribution is -2.38. The number of aromatic amines is 1. The number of nitrogens with zero attached hydrogens (tertiary/aromatic N) is 3. The number of rotatable bonds is 7. The second kappa shape index (κ2) is 10.2. The lowest BCUT2D eigenvalue weighted by molar-refractivity contribution is -0.116. The molecule has 0 radical (unpaired) electrons. The van der Waals surface area contributed by atoms with Gasteiger partial charge in [0.2, 0.25) is 17.7 Å². The number of halogens is 1. The number of hydrogen-bond acceptors (Lipinski definition) is 7. The summed E-state index contributed by atoms with van der Waals surface area (Å²) in [6.45, 7) is 4.31. The van der Waals surface area contributed by atoms with E-state index in [4.69, 9.17) is 9.47 Å². The molecule has 9 nitrogen and oxygen atoms in total. The van der Waals surface area contributed by atoms with Gasteiger partial charge in [-0.2, -0.15) is 0 Å². The number of carbonyl (C=O) groups excluding carboxylic acids is 1. The van der Waals surface area contributed by atoms with E-state index in [0.29, 0.717) is 60.8 Å². The summed E-state index contributed by atoms with van der Waals surface area (Å²) in [4.78, 5) is 38.4. The van der Waals surface area contributed by atoms with E-state index in [-0.39, 0.29) is 30.1 Å². The van der Waals surface area contributed by atoms with Crippen molar-refractivity contribution in [3.05, 3.63) is 70.0 Å². The molecule has 2 aromatic heterocycles. The maximum atomic E-state index is 13.0. The van der Waals surface area contributed by atoms with Crippen LogP contribution in [0.25, 0.3) is 0 Å². The van der Waals surface area contributed by atoms with Crippen molar-refractivity contribution in [1.82, 2.24) is 15.0 Å². The van der Waals surface area contributed by atoms with Crippen molar-refractivity contribution < 1.29 is 18.7 Å². The number of amides is 1. The van der Waals surface area contributed by atoms with Crippen LogP contribution in [-0.2, 0) is 16.0 Å². The largest absolute Gasteiger partial charge is 0.439 e. The van der Waals surface area contributed by atoms with Gasteiger partial charge in [0.1, 0.15) is 11.6 Å². The topological polar surface area (TPSA) is 109 Å². The summed E-state index contributed by atoms with van der Waals surface area (Å²) in [7, 11) is 0. The SMILES string of the molecule is Cc1nc(N2CCOCC2)[nH]c(=O)c1CCC(=O)Nc1ccc(Oc2ccc(F)cc2)nc1. The molecule has 0 unspecified atom stereocenters. The molecule has 172 valence electrons. The molecule has 0 aliphatic carbocycles. The summed E-state index contributed by atoms with van der Waals surface area (Å²) in [6, 6.07) is 8.84. The summed E-state index contributed by atoms with van der Waals surface area (Å²) in [6.07, 6.45) is 1.85. The molecule has 1 amide bonds. The van der Waals surface area contributed by atoms with Gasteiger partial charge in [0.25, 0.3) is 5.56 Å². The highest BCUT2D eigenvalue weighted by atomic mass is 19.1. The Labute approximate surface area is 189 Å². The zero-order valence-corrected chi connectivity index (χ0v) is 18.1. The molecule has 1 saturated heterocycles. The van der Waals surface area contributed by atoms with E-state index >= 15 is 0 Å². The number of morpholine rings is 1. The predicted molar refractivity (Wildman–Crippen MR) is 120 cm³/mol. The third-order valence-corrected chi connectivity index (χ3v) is 5.18. The summed E-state index contributed by atoms with van der Waals surface area (Å²) >= 11 is 0. The van der Waals surface area contributed by atoms with Crippen molar-refractivity contribution in [2.75, 3.05) is 36.5 Å². The minimum Gasteiger partial charge on any atom is -0.439 e. The van der Waals surface area contributed by atoms with E-state index in [1.807, 2.05) is 4.90 Å². The highest BCUT2D eigenvalue weighted by Crippen LogP contribution is 2.21. The first kappa shape index (κ1) is 22.4. The molecule has 0 saturated carbocycles. The summed E-state index contributed by atoms with van der Waals surface area (Å²) in [5, 5.41) is 2.75. The van der Waals surface area contributed by atoms with Crippen molar-refractivity contribution >= 4 is 17.5 Å². The van der Waals surface area contributed by atoms with Crippen molar-refractivity contribution in [1.29, 1.82) is 0 Å².